The van der Waals surface area contributed by atoms with Crippen LogP contribution < -0.4 is 5.56 Å². The molecule has 0 saturated carbocycles. The number of nitrogens with zero attached hydrogens (tertiary/aromatic N) is 5. The van der Waals surface area contributed by atoms with E-state index < -0.39 is 0 Å². The molecule has 0 bridgehead atoms. The van der Waals surface area contributed by atoms with Gasteiger partial charge in [0.05, 0.1) is 19.2 Å². The third-order valence-corrected chi connectivity index (χ3v) is 6.17. The molecule has 0 spiro atoms. The molecule has 34 heavy (non-hydrogen) atoms. The number of aryl methyl sites for hydroxylation is 1. The number of benzene rings is 2. The van der Waals surface area contributed by atoms with Crippen molar-refractivity contribution >= 4 is 10.9 Å². The molecule has 0 aliphatic carbocycles. The van der Waals surface area contributed by atoms with Crippen LogP contribution in [-0.2, 0) is 24.2 Å². The molecular formula is C26H32N6O2. The maximum absolute atomic E-state index is 13.0. The van der Waals surface area contributed by atoms with Gasteiger partial charge in [-0.1, -0.05) is 49.4 Å². The van der Waals surface area contributed by atoms with Crippen LogP contribution >= 0.6 is 0 Å². The van der Waals surface area contributed by atoms with Crippen molar-refractivity contribution in [1.29, 1.82) is 0 Å². The van der Waals surface area contributed by atoms with Crippen molar-refractivity contribution in [3.8, 4) is 0 Å². The number of ether oxygens (including phenoxy) is 1. The maximum Gasteiger partial charge on any atom is 0.252 e. The van der Waals surface area contributed by atoms with Crippen molar-refractivity contribution in [3.63, 3.8) is 0 Å². The molecule has 178 valence electrons. The van der Waals surface area contributed by atoms with Crippen molar-refractivity contribution in [2.75, 3.05) is 20.3 Å². The molecule has 2 aromatic carbocycles. The highest BCUT2D eigenvalue weighted by Gasteiger charge is 2.25. The number of hydrogen-bond acceptors (Lipinski definition) is 6. The fraction of sp³-hybridized carbons (Fsp3) is 0.385. The first-order valence-electron chi connectivity index (χ1n) is 11.7. The van der Waals surface area contributed by atoms with Crippen LogP contribution in [0.1, 0.15) is 41.9 Å². The Labute approximate surface area is 199 Å². The molecule has 1 atom stereocenters. The lowest BCUT2D eigenvalue weighted by molar-refractivity contribution is 0.158. The van der Waals surface area contributed by atoms with Crippen molar-refractivity contribution in [3.05, 3.63) is 87.5 Å². The minimum Gasteiger partial charge on any atom is -0.383 e. The summed E-state index contributed by atoms with van der Waals surface area (Å²) >= 11 is 0. The van der Waals surface area contributed by atoms with Gasteiger partial charge in [-0.3, -0.25) is 9.69 Å². The second kappa shape index (κ2) is 11.2. The fourth-order valence-electron chi connectivity index (χ4n) is 4.35. The summed E-state index contributed by atoms with van der Waals surface area (Å²) in [4.78, 5) is 18.4. The van der Waals surface area contributed by atoms with Gasteiger partial charge >= 0.3 is 0 Å². The average molecular weight is 461 g/mol. The van der Waals surface area contributed by atoms with Crippen molar-refractivity contribution in [1.82, 2.24) is 30.1 Å². The van der Waals surface area contributed by atoms with Crippen LogP contribution in [-0.4, -0.2) is 50.4 Å². The summed E-state index contributed by atoms with van der Waals surface area (Å²) in [6, 6.07) is 18.5. The fourth-order valence-corrected chi connectivity index (χ4v) is 4.35. The Balaban J connectivity index is 1.67. The first kappa shape index (κ1) is 23.8. The lowest BCUT2D eigenvalue weighted by Gasteiger charge is -2.30. The zero-order chi connectivity index (χ0) is 23.9. The highest BCUT2D eigenvalue weighted by atomic mass is 16.5. The van der Waals surface area contributed by atoms with E-state index in [1.807, 2.05) is 25.1 Å². The van der Waals surface area contributed by atoms with Gasteiger partial charge in [-0.2, -0.15) is 0 Å². The number of tetrazole rings is 1. The summed E-state index contributed by atoms with van der Waals surface area (Å²) in [7, 11) is 1.67. The van der Waals surface area contributed by atoms with E-state index in [2.05, 4.69) is 68.7 Å². The predicted molar refractivity (Wildman–Crippen MR) is 133 cm³/mol. The van der Waals surface area contributed by atoms with Crippen molar-refractivity contribution in [2.45, 2.75) is 45.8 Å². The zero-order valence-electron chi connectivity index (χ0n) is 20.1. The molecule has 0 radical (unpaired) electrons. The predicted octanol–water partition coefficient (Wildman–Crippen LogP) is 3.67. The number of nitrogens with one attached hydrogen (secondary N) is 1. The number of pyridine rings is 1. The number of aromatic nitrogens is 5. The van der Waals surface area contributed by atoms with Gasteiger partial charge in [0.1, 0.15) is 0 Å². The van der Waals surface area contributed by atoms with Crippen LogP contribution in [0.2, 0.25) is 0 Å². The normalized spacial score (nSPS) is 12.5. The highest BCUT2D eigenvalue weighted by Crippen LogP contribution is 2.25. The zero-order valence-corrected chi connectivity index (χ0v) is 20.1. The molecular weight excluding hydrogens is 428 g/mol. The van der Waals surface area contributed by atoms with Crippen LogP contribution in [0.15, 0.2) is 59.4 Å². The lowest BCUT2D eigenvalue weighted by atomic mass is 10.1. The minimum atomic E-state index is -0.0587. The summed E-state index contributed by atoms with van der Waals surface area (Å²) in [6.45, 7) is 6.53. The molecule has 0 amide bonds. The van der Waals surface area contributed by atoms with Gasteiger partial charge in [-0.15, -0.1) is 5.10 Å². The van der Waals surface area contributed by atoms with E-state index in [4.69, 9.17) is 4.74 Å². The number of H-pyrrole nitrogens is 1. The van der Waals surface area contributed by atoms with E-state index in [0.717, 1.165) is 47.2 Å². The molecule has 8 heteroatoms. The summed E-state index contributed by atoms with van der Waals surface area (Å²) < 4.78 is 7.04. The lowest BCUT2D eigenvalue weighted by Crippen LogP contribution is -2.34. The maximum atomic E-state index is 13.0. The number of fused-ring (bicyclic) bond motifs is 1. The number of rotatable bonds is 11. The van der Waals surface area contributed by atoms with Gasteiger partial charge in [-0.25, -0.2) is 4.68 Å². The summed E-state index contributed by atoms with van der Waals surface area (Å²) in [6.07, 6.45) is 1.68. The van der Waals surface area contributed by atoms with Crippen LogP contribution in [0.5, 0.6) is 0 Å². The van der Waals surface area contributed by atoms with Gasteiger partial charge in [-0.05, 0) is 58.8 Å². The van der Waals surface area contributed by atoms with Crippen LogP contribution in [0.25, 0.3) is 10.9 Å². The topological polar surface area (TPSA) is 88.9 Å². The molecule has 0 aliphatic rings. The Morgan fingerprint density at radius 1 is 1.15 bits per heavy atom. The molecule has 0 saturated heterocycles. The minimum absolute atomic E-state index is 0.0383. The largest absolute Gasteiger partial charge is 0.383 e. The summed E-state index contributed by atoms with van der Waals surface area (Å²) in [5, 5.41) is 13.5. The van der Waals surface area contributed by atoms with Crippen molar-refractivity contribution < 1.29 is 4.74 Å². The van der Waals surface area contributed by atoms with E-state index in [-0.39, 0.29) is 11.6 Å². The molecule has 2 aromatic heterocycles. The van der Waals surface area contributed by atoms with Gasteiger partial charge in [0.25, 0.3) is 5.56 Å². The van der Waals surface area contributed by atoms with Gasteiger partial charge in [0.2, 0.25) is 0 Å². The third-order valence-electron chi connectivity index (χ3n) is 6.17. The third kappa shape index (κ3) is 5.58. The summed E-state index contributed by atoms with van der Waals surface area (Å²) in [5.74, 6) is 0.792. The Morgan fingerprint density at radius 3 is 2.74 bits per heavy atom. The van der Waals surface area contributed by atoms with E-state index in [9.17, 15) is 4.79 Å². The van der Waals surface area contributed by atoms with Gasteiger partial charge in [0.15, 0.2) is 5.82 Å². The Hall–Kier alpha value is -3.36. The molecule has 2 heterocycles. The SMILES string of the molecule is CCC(c1nnnn1CCOC)N(CCc1ccccc1)Cc1cc2ccc(C)cc2[nH]c1=O. The van der Waals surface area contributed by atoms with Crippen LogP contribution in [0, 0.1) is 6.92 Å². The average Bonchev–Trinajstić information content (AvgIpc) is 3.30. The van der Waals surface area contributed by atoms with E-state index in [1.54, 1.807) is 11.8 Å². The smallest absolute Gasteiger partial charge is 0.252 e. The first-order valence-corrected chi connectivity index (χ1v) is 11.7. The molecule has 1 N–H and O–H groups in total. The molecule has 4 aromatic rings. The van der Waals surface area contributed by atoms with E-state index in [0.29, 0.717) is 19.7 Å². The quantitative estimate of drug-likeness (QED) is 0.367. The molecule has 4 rings (SSSR count). The molecule has 0 aliphatic heterocycles. The molecule has 8 nitrogen and oxygen atoms in total. The Kier molecular flexibility index (Phi) is 7.82. The first-order chi connectivity index (χ1) is 16.6. The molecule has 1 unspecified atom stereocenters. The highest BCUT2D eigenvalue weighted by molar-refractivity contribution is 5.79. The number of hydrogen-bond donors (Lipinski definition) is 1. The van der Waals surface area contributed by atoms with Gasteiger partial charge < -0.3 is 9.72 Å². The monoisotopic (exact) mass is 460 g/mol. The molecule has 0 fully saturated rings. The van der Waals surface area contributed by atoms with E-state index >= 15 is 0 Å². The van der Waals surface area contributed by atoms with Gasteiger partial charge in [0, 0.05) is 31.3 Å². The second-order valence-electron chi connectivity index (χ2n) is 8.60. The van der Waals surface area contributed by atoms with E-state index in [1.165, 1.54) is 5.56 Å². The second-order valence-corrected chi connectivity index (χ2v) is 8.60. The number of aromatic amines is 1. The Morgan fingerprint density at radius 2 is 1.97 bits per heavy atom. The summed E-state index contributed by atoms with van der Waals surface area (Å²) in [5.41, 5.74) is 3.91. The van der Waals surface area contributed by atoms with Crippen LogP contribution in [0.4, 0.5) is 0 Å². The Bertz CT molecular complexity index is 1270. The van der Waals surface area contributed by atoms with Crippen LogP contribution in [0.3, 0.4) is 0 Å². The standard InChI is InChI=1S/C26H32N6O2/c1-4-24(25-28-29-30-32(25)14-15-34-3)31(13-12-20-8-6-5-7-9-20)18-22-17-21-11-10-19(2)16-23(21)27-26(22)33/h5-11,16-17,24H,4,12-15,18H2,1-3H3,(H,27,33). The number of methoxy groups -OCH3 is 1. The van der Waals surface area contributed by atoms with Crippen molar-refractivity contribution in [2.24, 2.45) is 0 Å².